The van der Waals surface area contributed by atoms with Crippen molar-refractivity contribution >= 4 is 23.6 Å². The van der Waals surface area contributed by atoms with Gasteiger partial charge in [0.05, 0.1) is 0 Å². The molecule has 0 heterocycles. The van der Waals surface area contributed by atoms with Crippen LogP contribution in [0.25, 0.3) is 0 Å². The molecule has 4 aliphatic carbocycles. The highest BCUT2D eigenvalue weighted by molar-refractivity contribution is 5.93. The lowest BCUT2D eigenvalue weighted by molar-refractivity contribution is -0.163. The zero-order valence-electron chi connectivity index (χ0n) is 17.5. The van der Waals surface area contributed by atoms with E-state index in [0.717, 1.165) is 32.0 Å². The Bertz CT molecular complexity index is 711. The van der Waals surface area contributed by atoms with Crippen molar-refractivity contribution in [1.82, 2.24) is 0 Å². The van der Waals surface area contributed by atoms with Crippen molar-refractivity contribution in [2.45, 2.75) is 78.6 Å². The number of aldehydes is 1. The second-order valence-electron chi connectivity index (χ2n) is 10.8. The number of hydrogen-bond acceptors (Lipinski definition) is 4. The Hall–Kier alpha value is -1.32. The van der Waals surface area contributed by atoms with E-state index in [1.165, 1.54) is 0 Å². The number of Topliss-reactive ketones (excluding diaryl/α,β-unsaturated/α-hetero) is 3. The largest absolute Gasteiger partial charge is 0.303 e. The van der Waals surface area contributed by atoms with Gasteiger partial charge in [-0.3, -0.25) is 14.4 Å². The average Bonchev–Trinajstić information content (AvgIpc) is 2.97. The van der Waals surface area contributed by atoms with Gasteiger partial charge in [-0.2, -0.15) is 0 Å². The normalized spacial score (nSPS) is 46.5. The quantitative estimate of drug-likeness (QED) is 0.680. The van der Waals surface area contributed by atoms with Crippen molar-refractivity contribution in [2.75, 3.05) is 0 Å². The predicted octanol–water partition coefficient (Wildman–Crippen LogP) is 4.19. The third-order valence-corrected chi connectivity index (χ3v) is 9.37. The molecule has 4 saturated carbocycles. The highest BCUT2D eigenvalue weighted by Gasteiger charge is 2.65. The van der Waals surface area contributed by atoms with Gasteiger partial charge in [-0.15, -0.1) is 0 Å². The van der Waals surface area contributed by atoms with Gasteiger partial charge in [0.1, 0.15) is 23.6 Å². The number of rotatable bonds is 4. The summed E-state index contributed by atoms with van der Waals surface area (Å²) in [4.78, 5) is 49.8. The summed E-state index contributed by atoms with van der Waals surface area (Å²) in [5.74, 6) is 2.14. The van der Waals surface area contributed by atoms with Crippen LogP contribution in [-0.2, 0) is 19.2 Å². The van der Waals surface area contributed by atoms with Crippen LogP contribution in [0.5, 0.6) is 0 Å². The Morgan fingerprint density at radius 1 is 1.07 bits per heavy atom. The minimum atomic E-state index is -0.419. The van der Waals surface area contributed by atoms with Crippen LogP contribution in [0.2, 0.25) is 0 Å². The molecule has 0 aromatic heterocycles. The molecule has 4 aliphatic rings. The molecule has 0 amide bonds. The smallest absolute Gasteiger partial charge is 0.139 e. The highest BCUT2D eigenvalue weighted by atomic mass is 16.1. The predicted molar refractivity (Wildman–Crippen MR) is 105 cm³/mol. The molecule has 0 aromatic rings. The number of carbonyl (C=O) groups excluding carboxylic acids is 4. The van der Waals surface area contributed by atoms with Crippen LogP contribution >= 0.6 is 0 Å². The minimum Gasteiger partial charge on any atom is -0.303 e. The van der Waals surface area contributed by atoms with Crippen LogP contribution in [0.3, 0.4) is 0 Å². The van der Waals surface area contributed by atoms with E-state index in [4.69, 9.17) is 0 Å². The van der Waals surface area contributed by atoms with E-state index in [-0.39, 0.29) is 34.9 Å². The summed E-state index contributed by atoms with van der Waals surface area (Å²) < 4.78 is 0. The molecular formula is C24H34O4. The second-order valence-corrected chi connectivity index (χ2v) is 10.8. The van der Waals surface area contributed by atoms with Crippen molar-refractivity contribution in [2.24, 2.45) is 46.3 Å². The van der Waals surface area contributed by atoms with Crippen molar-refractivity contribution < 1.29 is 19.2 Å². The third-order valence-electron chi connectivity index (χ3n) is 9.37. The Morgan fingerprint density at radius 2 is 1.82 bits per heavy atom. The van der Waals surface area contributed by atoms with Crippen LogP contribution in [0.15, 0.2) is 0 Å². The molecule has 0 N–H and O–H groups in total. The molecule has 4 rings (SSSR count). The Kier molecular flexibility index (Phi) is 4.91. The SMILES string of the molecule is CC(CCC=O)C1CCC2C3C(=O)CC4(C)CC(=O)CCC4C3CC(=O)C12C. The number of ketones is 3. The lowest BCUT2D eigenvalue weighted by atomic mass is 9.45. The van der Waals surface area contributed by atoms with E-state index in [0.29, 0.717) is 55.5 Å². The van der Waals surface area contributed by atoms with Crippen molar-refractivity contribution in [3.05, 3.63) is 0 Å². The van der Waals surface area contributed by atoms with Gasteiger partial charge in [-0.25, -0.2) is 0 Å². The first-order valence-corrected chi connectivity index (χ1v) is 11.2. The average molecular weight is 387 g/mol. The molecule has 0 radical (unpaired) electrons. The van der Waals surface area contributed by atoms with Gasteiger partial charge in [0.2, 0.25) is 0 Å². The van der Waals surface area contributed by atoms with Crippen LogP contribution in [0.4, 0.5) is 0 Å². The van der Waals surface area contributed by atoms with Gasteiger partial charge in [0.25, 0.3) is 0 Å². The lowest BCUT2D eigenvalue weighted by Crippen LogP contribution is -2.59. The summed E-state index contributed by atoms with van der Waals surface area (Å²) in [6.07, 6.45) is 7.27. The fourth-order valence-electron chi connectivity index (χ4n) is 8.10. The molecule has 0 spiro atoms. The fraction of sp³-hybridized carbons (Fsp3) is 0.833. The van der Waals surface area contributed by atoms with E-state index < -0.39 is 5.41 Å². The maximum atomic E-state index is 13.5. The van der Waals surface area contributed by atoms with Gasteiger partial charge < -0.3 is 4.79 Å². The number of hydrogen-bond donors (Lipinski definition) is 0. The van der Waals surface area contributed by atoms with Gasteiger partial charge in [-0.1, -0.05) is 20.8 Å². The summed E-state index contributed by atoms with van der Waals surface area (Å²) in [6, 6.07) is 0. The Morgan fingerprint density at radius 3 is 2.54 bits per heavy atom. The Balaban J connectivity index is 1.65. The molecule has 8 atom stereocenters. The van der Waals surface area contributed by atoms with E-state index in [1.54, 1.807) is 0 Å². The minimum absolute atomic E-state index is 0.00255. The molecule has 28 heavy (non-hydrogen) atoms. The maximum Gasteiger partial charge on any atom is 0.139 e. The van der Waals surface area contributed by atoms with Crippen LogP contribution in [0, 0.1) is 46.3 Å². The summed E-state index contributed by atoms with van der Waals surface area (Å²) in [5, 5.41) is 0. The van der Waals surface area contributed by atoms with E-state index in [9.17, 15) is 19.2 Å². The lowest BCUT2D eigenvalue weighted by Gasteiger charge is -2.57. The molecule has 0 aromatic carbocycles. The molecule has 4 fully saturated rings. The Labute approximate surface area is 168 Å². The summed E-state index contributed by atoms with van der Waals surface area (Å²) in [5.41, 5.74) is -0.659. The molecule has 0 bridgehead atoms. The van der Waals surface area contributed by atoms with Crippen molar-refractivity contribution in [3.8, 4) is 0 Å². The molecule has 4 nitrogen and oxygen atoms in total. The third kappa shape index (κ3) is 2.77. The van der Waals surface area contributed by atoms with E-state index in [2.05, 4.69) is 20.8 Å². The van der Waals surface area contributed by atoms with Gasteiger partial charge in [0, 0.05) is 43.4 Å². The van der Waals surface area contributed by atoms with Crippen molar-refractivity contribution in [1.29, 1.82) is 0 Å². The zero-order chi connectivity index (χ0) is 20.3. The summed E-state index contributed by atoms with van der Waals surface area (Å²) in [6.45, 7) is 6.41. The summed E-state index contributed by atoms with van der Waals surface area (Å²) >= 11 is 0. The first-order chi connectivity index (χ1) is 13.2. The second kappa shape index (κ2) is 6.88. The van der Waals surface area contributed by atoms with Crippen molar-refractivity contribution in [3.63, 3.8) is 0 Å². The molecule has 4 heteroatoms. The molecule has 0 saturated heterocycles. The van der Waals surface area contributed by atoms with Crippen LogP contribution < -0.4 is 0 Å². The first-order valence-electron chi connectivity index (χ1n) is 11.2. The van der Waals surface area contributed by atoms with Gasteiger partial charge in [0.15, 0.2) is 0 Å². The molecule has 8 unspecified atom stereocenters. The molecule has 0 aliphatic heterocycles. The van der Waals surface area contributed by atoms with Crippen LogP contribution in [-0.4, -0.2) is 23.6 Å². The first kappa shape index (κ1) is 20.0. The van der Waals surface area contributed by atoms with Gasteiger partial charge in [-0.05, 0) is 60.7 Å². The molecule has 154 valence electrons. The fourth-order valence-corrected chi connectivity index (χ4v) is 8.10. The maximum absolute atomic E-state index is 13.5. The van der Waals surface area contributed by atoms with E-state index >= 15 is 0 Å². The zero-order valence-corrected chi connectivity index (χ0v) is 17.5. The van der Waals surface area contributed by atoms with Gasteiger partial charge >= 0.3 is 0 Å². The standard InChI is InChI=1S/C24H34O4/c1-14(5-4-10-25)17-8-9-19-22-16(11-21(28)24(17,19)3)18-7-6-15(26)12-23(18,2)13-20(22)27/h10,14,16-19,22H,4-9,11-13H2,1-3H3. The molecular weight excluding hydrogens is 352 g/mol. The number of carbonyl (C=O) groups is 4. The highest BCUT2D eigenvalue weighted by Crippen LogP contribution is 2.65. The number of fused-ring (bicyclic) bond motifs is 5. The topological polar surface area (TPSA) is 68.3 Å². The summed E-state index contributed by atoms with van der Waals surface area (Å²) in [7, 11) is 0. The van der Waals surface area contributed by atoms with Crippen LogP contribution in [0.1, 0.15) is 78.6 Å². The monoisotopic (exact) mass is 386 g/mol. The van der Waals surface area contributed by atoms with E-state index in [1.807, 2.05) is 0 Å².